The maximum absolute atomic E-state index is 13.1. The van der Waals surface area contributed by atoms with E-state index >= 15 is 0 Å². The number of carbonyl (C=O) groups excluding carboxylic acids is 2. The van der Waals surface area contributed by atoms with Gasteiger partial charge in [-0.2, -0.15) is 10.1 Å². The highest BCUT2D eigenvalue weighted by atomic mass is 32.2. The Morgan fingerprint density at radius 2 is 1.97 bits per heavy atom. The van der Waals surface area contributed by atoms with E-state index < -0.39 is 17.0 Å². The molecule has 0 aliphatic carbocycles. The number of nitrogens with zero attached hydrogens (tertiary/aromatic N) is 3. The number of amides is 2. The minimum absolute atomic E-state index is 0.0673. The summed E-state index contributed by atoms with van der Waals surface area (Å²) < 4.78 is 24.0. The normalized spacial score (nSPS) is 19.5. The average molecular weight is 493 g/mol. The van der Waals surface area contributed by atoms with Crippen LogP contribution in [0.25, 0.3) is 0 Å². The van der Waals surface area contributed by atoms with E-state index in [2.05, 4.69) is 10.3 Å². The topological polar surface area (TPSA) is 96.5 Å². The van der Waals surface area contributed by atoms with Crippen LogP contribution in [-0.2, 0) is 9.59 Å². The van der Waals surface area contributed by atoms with Crippen molar-refractivity contribution in [2.75, 3.05) is 12.4 Å². The summed E-state index contributed by atoms with van der Waals surface area (Å²) in [4.78, 5) is 29.3. The van der Waals surface area contributed by atoms with Gasteiger partial charge >= 0.3 is 0 Å². The number of hydrogen-bond donors (Lipinski definition) is 1. The molecule has 0 saturated heterocycles. The molecule has 178 valence electrons. The van der Waals surface area contributed by atoms with Crippen molar-refractivity contribution in [1.82, 2.24) is 5.01 Å². The first kappa shape index (κ1) is 22.9. The Balaban J connectivity index is 1.32. The summed E-state index contributed by atoms with van der Waals surface area (Å²) in [5.74, 6) is 0.296. The lowest BCUT2D eigenvalue weighted by Gasteiger charge is -2.20. The summed E-state index contributed by atoms with van der Waals surface area (Å²) in [6.07, 6.45) is 2.09. The molecule has 3 heterocycles. The summed E-state index contributed by atoms with van der Waals surface area (Å²) in [6, 6.07) is 16.4. The first-order chi connectivity index (χ1) is 17.0. The van der Waals surface area contributed by atoms with E-state index in [1.165, 1.54) is 36.0 Å². The Morgan fingerprint density at radius 1 is 1.20 bits per heavy atom. The Bertz CT molecular complexity index is 1290. The molecule has 2 aromatic carbocycles. The van der Waals surface area contributed by atoms with Gasteiger partial charge in [-0.05, 0) is 66.2 Å². The lowest BCUT2D eigenvalue weighted by atomic mass is 10.0. The highest BCUT2D eigenvalue weighted by Crippen LogP contribution is 2.38. The van der Waals surface area contributed by atoms with E-state index in [0.29, 0.717) is 23.0 Å². The molecule has 2 amide bonds. The molecule has 0 unspecified atom stereocenters. The molecule has 0 radical (unpaired) electrons. The molecule has 3 aromatic rings. The van der Waals surface area contributed by atoms with E-state index in [4.69, 9.17) is 14.3 Å². The number of nitrogens with one attached hydrogen (secondary N) is 1. The first-order valence-electron chi connectivity index (χ1n) is 10.9. The fourth-order valence-electron chi connectivity index (χ4n) is 3.87. The SMILES string of the molecule is COc1ccc(C2=NN(C3=NC(=O)[C@H](CC(=O)Nc4ccc(F)cc4)S3)[C@@H](c3ccco3)C2)cc1. The van der Waals surface area contributed by atoms with Crippen LogP contribution in [0.4, 0.5) is 10.1 Å². The number of benzene rings is 2. The van der Waals surface area contributed by atoms with E-state index in [0.717, 1.165) is 17.0 Å². The van der Waals surface area contributed by atoms with Gasteiger partial charge in [0, 0.05) is 18.5 Å². The predicted molar refractivity (Wildman–Crippen MR) is 131 cm³/mol. The standard InChI is InChI=1S/C25H21FN4O4S/c1-33-18-10-4-15(5-11-18)19-13-20(21-3-2-12-34-21)30(29-19)25-28-24(32)22(35-25)14-23(31)27-17-8-6-16(26)7-9-17/h2-12,20,22H,13-14H2,1H3,(H,27,31)/t20-,22+/m1/s1. The molecule has 1 N–H and O–H groups in total. The largest absolute Gasteiger partial charge is 0.497 e. The third-order valence-electron chi connectivity index (χ3n) is 5.63. The molecule has 5 rings (SSSR count). The van der Waals surface area contributed by atoms with Crippen molar-refractivity contribution < 1.29 is 23.1 Å². The second-order valence-corrected chi connectivity index (χ2v) is 9.12. The predicted octanol–water partition coefficient (Wildman–Crippen LogP) is 4.61. The summed E-state index contributed by atoms with van der Waals surface area (Å²) >= 11 is 1.20. The highest BCUT2D eigenvalue weighted by Gasteiger charge is 2.40. The smallest absolute Gasteiger partial charge is 0.262 e. The fraction of sp³-hybridized carbons (Fsp3) is 0.200. The molecule has 35 heavy (non-hydrogen) atoms. The van der Waals surface area contributed by atoms with Crippen LogP contribution in [0, 0.1) is 5.82 Å². The average Bonchev–Trinajstić information content (AvgIpc) is 3.61. The lowest BCUT2D eigenvalue weighted by Crippen LogP contribution is -2.24. The van der Waals surface area contributed by atoms with Crippen LogP contribution in [0.2, 0.25) is 0 Å². The zero-order valence-electron chi connectivity index (χ0n) is 18.7. The van der Waals surface area contributed by atoms with Crippen molar-refractivity contribution in [2.45, 2.75) is 24.1 Å². The van der Waals surface area contributed by atoms with Crippen LogP contribution in [0.3, 0.4) is 0 Å². The van der Waals surface area contributed by atoms with Gasteiger partial charge in [-0.1, -0.05) is 11.8 Å². The molecule has 0 fully saturated rings. The van der Waals surface area contributed by atoms with Crippen LogP contribution in [0.5, 0.6) is 5.75 Å². The minimum Gasteiger partial charge on any atom is -0.497 e. The molecular weight excluding hydrogens is 471 g/mol. The monoisotopic (exact) mass is 492 g/mol. The summed E-state index contributed by atoms with van der Waals surface area (Å²) in [5, 5.41) is 8.88. The molecular formula is C25H21FN4O4S. The van der Waals surface area contributed by atoms with Crippen molar-refractivity contribution in [3.63, 3.8) is 0 Å². The number of carbonyl (C=O) groups is 2. The number of ether oxygens (including phenoxy) is 1. The van der Waals surface area contributed by atoms with Gasteiger partial charge in [-0.3, -0.25) is 9.59 Å². The van der Waals surface area contributed by atoms with Gasteiger partial charge in [-0.15, -0.1) is 0 Å². The van der Waals surface area contributed by atoms with Crippen molar-refractivity contribution in [2.24, 2.45) is 10.1 Å². The van der Waals surface area contributed by atoms with E-state index in [1.807, 2.05) is 30.3 Å². The molecule has 2 atom stereocenters. The fourth-order valence-corrected chi connectivity index (χ4v) is 4.93. The quantitative estimate of drug-likeness (QED) is 0.540. The number of aliphatic imine (C=N–C) groups is 1. The lowest BCUT2D eigenvalue weighted by molar-refractivity contribution is -0.121. The Hall–Kier alpha value is -3.92. The maximum Gasteiger partial charge on any atom is 0.262 e. The number of amidine groups is 1. The number of hydrogen-bond acceptors (Lipinski definition) is 7. The van der Waals surface area contributed by atoms with Crippen molar-refractivity contribution >= 4 is 40.1 Å². The molecule has 0 bridgehead atoms. The number of halogens is 1. The zero-order chi connectivity index (χ0) is 24.4. The number of hydrazone groups is 1. The Labute approximate surface area is 204 Å². The molecule has 8 nitrogen and oxygen atoms in total. The van der Waals surface area contributed by atoms with Gasteiger partial charge in [0.1, 0.15) is 28.6 Å². The number of thioether (sulfide) groups is 1. The van der Waals surface area contributed by atoms with Crippen molar-refractivity contribution in [1.29, 1.82) is 0 Å². The zero-order valence-corrected chi connectivity index (χ0v) is 19.5. The summed E-state index contributed by atoms with van der Waals surface area (Å²) in [7, 11) is 1.61. The van der Waals surface area contributed by atoms with Gasteiger partial charge in [-0.25, -0.2) is 9.40 Å². The van der Waals surface area contributed by atoms with Crippen LogP contribution in [0.1, 0.15) is 30.2 Å². The second-order valence-electron chi connectivity index (χ2n) is 7.95. The maximum atomic E-state index is 13.1. The van der Waals surface area contributed by atoms with Crippen LogP contribution < -0.4 is 10.1 Å². The van der Waals surface area contributed by atoms with E-state index in [9.17, 15) is 14.0 Å². The first-order valence-corrected chi connectivity index (χ1v) is 11.8. The summed E-state index contributed by atoms with van der Waals surface area (Å²) in [5.41, 5.74) is 2.21. The van der Waals surface area contributed by atoms with Gasteiger partial charge < -0.3 is 14.5 Å². The van der Waals surface area contributed by atoms with Gasteiger partial charge in [0.15, 0.2) is 5.17 Å². The molecule has 2 aliphatic rings. The highest BCUT2D eigenvalue weighted by molar-refractivity contribution is 8.15. The molecule has 10 heteroatoms. The molecule has 1 aromatic heterocycles. The third-order valence-corrected chi connectivity index (χ3v) is 6.77. The Kier molecular flexibility index (Phi) is 6.37. The van der Waals surface area contributed by atoms with Gasteiger partial charge in [0.2, 0.25) is 5.91 Å². The van der Waals surface area contributed by atoms with Crippen molar-refractivity contribution in [3.05, 3.63) is 84.1 Å². The summed E-state index contributed by atoms with van der Waals surface area (Å²) in [6.45, 7) is 0. The second kappa shape index (κ2) is 9.75. The minimum atomic E-state index is -0.678. The van der Waals surface area contributed by atoms with E-state index in [-0.39, 0.29) is 18.4 Å². The van der Waals surface area contributed by atoms with Gasteiger partial charge in [0.05, 0.1) is 19.1 Å². The van der Waals surface area contributed by atoms with E-state index in [1.54, 1.807) is 24.4 Å². The molecule has 2 aliphatic heterocycles. The van der Waals surface area contributed by atoms with Crippen molar-refractivity contribution in [3.8, 4) is 5.75 Å². The molecule has 0 saturated carbocycles. The van der Waals surface area contributed by atoms with Crippen LogP contribution in [-0.4, -0.2) is 40.1 Å². The number of furan rings is 1. The number of anilines is 1. The van der Waals surface area contributed by atoms with Crippen LogP contribution >= 0.6 is 11.8 Å². The third kappa shape index (κ3) is 4.97. The molecule has 0 spiro atoms. The van der Waals surface area contributed by atoms with Gasteiger partial charge in [0.25, 0.3) is 5.91 Å². The van der Waals surface area contributed by atoms with Crippen LogP contribution in [0.15, 0.2) is 81.4 Å². The Morgan fingerprint density at radius 3 is 2.66 bits per heavy atom. The number of methoxy groups -OCH3 is 1. The number of rotatable bonds is 6.